The van der Waals surface area contributed by atoms with Crippen molar-refractivity contribution in [3.63, 3.8) is 0 Å². The number of nitrogens with one attached hydrogen (secondary N) is 2. The number of halogens is 4. The van der Waals surface area contributed by atoms with E-state index >= 15 is 0 Å². The molecule has 0 spiro atoms. The third-order valence-electron chi connectivity index (χ3n) is 4.19. The van der Waals surface area contributed by atoms with Gasteiger partial charge in [-0.25, -0.2) is 19.1 Å². The summed E-state index contributed by atoms with van der Waals surface area (Å²) in [6.07, 6.45) is 1.57. The van der Waals surface area contributed by atoms with Crippen molar-refractivity contribution in [3.05, 3.63) is 56.1 Å². The maximum Gasteiger partial charge on any atom is 0.277 e. The molecule has 1 saturated carbocycles. The summed E-state index contributed by atoms with van der Waals surface area (Å²) in [5.41, 5.74) is 2.33. The van der Waals surface area contributed by atoms with E-state index < -0.39 is 23.3 Å². The van der Waals surface area contributed by atoms with E-state index in [0.717, 1.165) is 28.5 Å². The van der Waals surface area contributed by atoms with Crippen molar-refractivity contribution >= 4 is 51.5 Å². The Morgan fingerprint density at radius 3 is 2.56 bits per heavy atom. The lowest BCUT2D eigenvalue weighted by Crippen LogP contribution is -2.40. The maximum absolute atomic E-state index is 13.7. The molecule has 0 aliphatic heterocycles. The molecule has 1 amide bonds. The zero-order valence-corrected chi connectivity index (χ0v) is 17.1. The lowest BCUT2D eigenvalue weighted by atomic mass is 10.1. The van der Waals surface area contributed by atoms with Gasteiger partial charge in [0, 0.05) is 15.6 Å². The number of hydroxylamine groups is 1. The SMILES string of the molecule is CC(O)(ONC(=O)c1cc(F)c(F)cc1Nc1ccc(I)cc1Cl)C1CC1. The first-order valence-corrected chi connectivity index (χ1v) is 9.55. The van der Waals surface area contributed by atoms with Crippen LogP contribution in [0.5, 0.6) is 0 Å². The molecule has 0 heterocycles. The molecule has 3 N–H and O–H groups in total. The summed E-state index contributed by atoms with van der Waals surface area (Å²) in [6.45, 7) is 1.43. The highest BCUT2D eigenvalue weighted by atomic mass is 127. The van der Waals surface area contributed by atoms with E-state index in [1.54, 1.807) is 18.2 Å². The van der Waals surface area contributed by atoms with Gasteiger partial charge in [-0.2, -0.15) is 0 Å². The molecule has 3 rings (SSSR count). The Kier molecular flexibility index (Phi) is 5.90. The van der Waals surface area contributed by atoms with Crippen LogP contribution in [-0.2, 0) is 4.84 Å². The quantitative estimate of drug-likeness (QED) is 0.299. The van der Waals surface area contributed by atoms with Gasteiger partial charge in [-0.3, -0.25) is 4.79 Å². The first-order valence-electron chi connectivity index (χ1n) is 8.09. The normalized spacial score (nSPS) is 15.9. The van der Waals surface area contributed by atoms with Crippen molar-refractivity contribution < 1.29 is 23.5 Å². The zero-order chi connectivity index (χ0) is 19.8. The highest BCUT2D eigenvalue weighted by Gasteiger charge is 2.42. The smallest absolute Gasteiger partial charge is 0.277 e. The number of anilines is 2. The van der Waals surface area contributed by atoms with Crippen LogP contribution in [0.2, 0.25) is 5.02 Å². The maximum atomic E-state index is 13.7. The highest BCUT2D eigenvalue weighted by Crippen LogP contribution is 2.39. The fourth-order valence-electron chi connectivity index (χ4n) is 2.48. The van der Waals surface area contributed by atoms with Gasteiger partial charge < -0.3 is 10.4 Å². The molecule has 2 aromatic rings. The van der Waals surface area contributed by atoms with Gasteiger partial charge in [-0.15, -0.1) is 0 Å². The molecule has 27 heavy (non-hydrogen) atoms. The van der Waals surface area contributed by atoms with E-state index in [2.05, 4.69) is 33.4 Å². The number of benzene rings is 2. The van der Waals surface area contributed by atoms with Crippen LogP contribution in [0.1, 0.15) is 30.1 Å². The van der Waals surface area contributed by atoms with Gasteiger partial charge >= 0.3 is 0 Å². The number of amides is 1. The van der Waals surface area contributed by atoms with Gasteiger partial charge in [0.05, 0.1) is 22.0 Å². The van der Waals surface area contributed by atoms with E-state index in [4.69, 9.17) is 16.4 Å². The second-order valence-corrected chi connectivity index (χ2v) is 8.08. The minimum absolute atomic E-state index is 0.00386. The molecule has 0 saturated heterocycles. The second kappa shape index (κ2) is 7.86. The Hall–Kier alpha value is -1.49. The molecular weight excluding hydrogens is 493 g/mol. The van der Waals surface area contributed by atoms with E-state index in [-0.39, 0.29) is 17.2 Å². The average Bonchev–Trinajstić information content (AvgIpc) is 3.44. The van der Waals surface area contributed by atoms with Crippen molar-refractivity contribution in [2.75, 3.05) is 5.32 Å². The summed E-state index contributed by atoms with van der Waals surface area (Å²) in [6, 6.07) is 6.71. The second-order valence-electron chi connectivity index (χ2n) is 6.42. The number of carbonyl (C=O) groups excluding carboxylic acids is 1. The first kappa shape index (κ1) is 20.2. The van der Waals surface area contributed by atoms with Crippen LogP contribution in [0, 0.1) is 21.1 Å². The van der Waals surface area contributed by atoms with Crippen molar-refractivity contribution in [1.82, 2.24) is 5.48 Å². The van der Waals surface area contributed by atoms with Gasteiger partial charge in [0.15, 0.2) is 17.4 Å². The van der Waals surface area contributed by atoms with E-state index in [0.29, 0.717) is 10.7 Å². The Balaban J connectivity index is 1.85. The Morgan fingerprint density at radius 2 is 1.93 bits per heavy atom. The molecule has 1 atom stereocenters. The van der Waals surface area contributed by atoms with Crippen LogP contribution in [-0.4, -0.2) is 16.8 Å². The van der Waals surface area contributed by atoms with Gasteiger partial charge in [0.1, 0.15) is 0 Å². The first-order chi connectivity index (χ1) is 12.7. The molecule has 0 aromatic heterocycles. The van der Waals surface area contributed by atoms with Crippen molar-refractivity contribution in [2.45, 2.75) is 25.6 Å². The number of aliphatic hydroxyl groups is 1. The minimum Gasteiger partial charge on any atom is -0.364 e. The topological polar surface area (TPSA) is 70.6 Å². The molecule has 144 valence electrons. The van der Waals surface area contributed by atoms with Crippen molar-refractivity contribution in [2.24, 2.45) is 5.92 Å². The summed E-state index contributed by atoms with van der Waals surface area (Å²) in [5.74, 6) is -4.75. The summed E-state index contributed by atoms with van der Waals surface area (Å²) in [4.78, 5) is 17.5. The fourth-order valence-corrected chi connectivity index (χ4v) is 3.38. The van der Waals surface area contributed by atoms with E-state index in [1.165, 1.54) is 6.92 Å². The lowest BCUT2D eigenvalue weighted by Gasteiger charge is -2.23. The van der Waals surface area contributed by atoms with Crippen LogP contribution < -0.4 is 10.8 Å². The molecule has 0 bridgehead atoms. The number of carbonyl (C=O) groups is 1. The van der Waals surface area contributed by atoms with Crippen LogP contribution in [0.3, 0.4) is 0 Å². The van der Waals surface area contributed by atoms with Crippen LogP contribution in [0.4, 0.5) is 20.2 Å². The van der Waals surface area contributed by atoms with Gasteiger partial charge in [0.2, 0.25) is 0 Å². The molecule has 2 aromatic carbocycles. The Morgan fingerprint density at radius 1 is 1.26 bits per heavy atom. The number of hydrogen-bond donors (Lipinski definition) is 3. The molecule has 9 heteroatoms. The van der Waals surface area contributed by atoms with Gasteiger partial charge in [0.25, 0.3) is 5.91 Å². The monoisotopic (exact) mass is 508 g/mol. The summed E-state index contributed by atoms with van der Waals surface area (Å²) >= 11 is 8.23. The zero-order valence-electron chi connectivity index (χ0n) is 14.2. The third-order valence-corrected chi connectivity index (χ3v) is 5.17. The van der Waals surface area contributed by atoms with Crippen LogP contribution >= 0.6 is 34.2 Å². The molecule has 1 fully saturated rings. The summed E-state index contributed by atoms with van der Waals surface area (Å²) in [7, 11) is 0. The Labute approximate surface area is 173 Å². The fraction of sp³-hybridized carbons (Fsp3) is 0.278. The van der Waals surface area contributed by atoms with E-state index in [1.807, 2.05) is 0 Å². The molecule has 1 aliphatic rings. The van der Waals surface area contributed by atoms with E-state index in [9.17, 15) is 18.7 Å². The summed E-state index contributed by atoms with van der Waals surface area (Å²) < 4.78 is 28.3. The Bertz CT molecular complexity index is 891. The largest absolute Gasteiger partial charge is 0.364 e. The van der Waals surface area contributed by atoms with Gasteiger partial charge in [-0.05, 0) is 66.6 Å². The lowest BCUT2D eigenvalue weighted by molar-refractivity contribution is -0.230. The number of hydrogen-bond acceptors (Lipinski definition) is 4. The summed E-state index contributed by atoms with van der Waals surface area (Å²) in [5, 5.41) is 13.3. The predicted molar refractivity (Wildman–Crippen MR) is 106 cm³/mol. The minimum atomic E-state index is -1.53. The molecule has 1 unspecified atom stereocenters. The predicted octanol–water partition coefficient (Wildman–Crippen LogP) is 4.75. The third kappa shape index (κ3) is 4.87. The van der Waals surface area contributed by atoms with Crippen LogP contribution in [0.25, 0.3) is 0 Å². The van der Waals surface area contributed by atoms with Crippen molar-refractivity contribution in [3.8, 4) is 0 Å². The molecule has 0 radical (unpaired) electrons. The highest BCUT2D eigenvalue weighted by molar-refractivity contribution is 14.1. The van der Waals surface area contributed by atoms with Crippen LogP contribution in [0.15, 0.2) is 30.3 Å². The molecular formula is C18H16ClF2IN2O3. The average molecular weight is 509 g/mol. The standard InChI is InChI=1S/C18H16ClF2IN2O3/c1-18(26,9-2-3-9)27-24-17(25)11-7-13(20)14(21)8-16(11)23-15-5-4-10(22)6-12(15)19/h4-9,23,26H,2-3H2,1H3,(H,24,25). The number of rotatable bonds is 6. The van der Waals surface area contributed by atoms with Gasteiger partial charge in [-0.1, -0.05) is 11.6 Å². The molecule has 1 aliphatic carbocycles. The molecule has 5 nitrogen and oxygen atoms in total. The van der Waals surface area contributed by atoms with Crippen molar-refractivity contribution in [1.29, 1.82) is 0 Å².